The zero-order valence-corrected chi connectivity index (χ0v) is 16.2. The Morgan fingerprint density at radius 1 is 1.21 bits per heavy atom. The van der Waals surface area contributed by atoms with E-state index in [2.05, 4.69) is 15.6 Å². The van der Waals surface area contributed by atoms with Gasteiger partial charge in [-0.2, -0.15) is 0 Å². The maximum atomic E-state index is 12.8. The summed E-state index contributed by atoms with van der Waals surface area (Å²) in [5.41, 5.74) is 0.573. The molecular weight excluding hydrogens is 364 g/mol. The maximum Gasteiger partial charge on any atom is 0.305 e. The molecule has 3 rings (SSSR count). The van der Waals surface area contributed by atoms with E-state index in [9.17, 15) is 14.7 Å². The van der Waals surface area contributed by atoms with E-state index < -0.39 is 17.4 Å². The standard InChI is InChI=1S/C19H24N4O5/c1-4-19(5-2,11-16(24)25)20-18(26)17-12(3)23(22-21-17)13-6-7-14-15(10-13)28-9-8-27-14/h6-7,10H,4-5,8-9,11H2,1-3H3,(H,20,26)(H,24,25). The lowest BCUT2D eigenvalue weighted by Gasteiger charge is -2.31. The highest BCUT2D eigenvalue weighted by Gasteiger charge is 2.33. The average molecular weight is 388 g/mol. The SMILES string of the molecule is CCC(CC)(CC(=O)O)NC(=O)c1nnn(-c2ccc3c(c2)OCCO3)c1C. The highest BCUT2D eigenvalue weighted by atomic mass is 16.6. The summed E-state index contributed by atoms with van der Waals surface area (Å²) in [6, 6.07) is 5.38. The monoisotopic (exact) mass is 388 g/mol. The van der Waals surface area contributed by atoms with E-state index in [-0.39, 0.29) is 12.1 Å². The first kappa shape index (κ1) is 19.7. The minimum Gasteiger partial charge on any atom is -0.486 e. The van der Waals surface area contributed by atoms with Gasteiger partial charge in [-0.1, -0.05) is 19.1 Å². The van der Waals surface area contributed by atoms with Crippen molar-refractivity contribution in [2.75, 3.05) is 13.2 Å². The summed E-state index contributed by atoms with van der Waals surface area (Å²) >= 11 is 0. The second-order valence-corrected chi connectivity index (χ2v) is 6.78. The van der Waals surface area contributed by atoms with Gasteiger partial charge in [-0.3, -0.25) is 9.59 Å². The van der Waals surface area contributed by atoms with Gasteiger partial charge in [0.1, 0.15) is 13.2 Å². The van der Waals surface area contributed by atoms with Gasteiger partial charge in [0, 0.05) is 6.07 Å². The van der Waals surface area contributed by atoms with Crippen LogP contribution in [0.25, 0.3) is 5.69 Å². The van der Waals surface area contributed by atoms with E-state index in [1.165, 1.54) is 0 Å². The van der Waals surface area contributed by atoms with Gasteiger partial charge in [-0.25, -0.2) is 4.68 Å². The van der Waals surface area contributed by atoms with Gasteiger partial charge in [0.05, 0.1) is 23.3 Å². The van der Waals surface area contributed by atoms with Crippen LogP contribution in [-0.2, 0) is 4.79 Å². The molecule has 0 spiro atoms. The van der Waals surface area contributed by atoms with Gasteiger partial charge in [0.15, 0.2) is 17.2 Å². The number of amides is 1. The van der Waals surface area contributed by atoms with Crippen LogP contribution in [0.1, 0.15) is 49.3 Å². The van der Waals surface area contributed by atoms with Crippen LogP contribution in [0.4, 0.5) is 0 Å². The van der Waals surface area contributed by atoms with Crippen molar-refractivity contribution in [2.45, 2.75) is 45.6 Å². The molecule has 1 aliphatic heterocycles. The minimum absolute atomic E-state index is 0.152. The Balaban J connectivity index is 1.86. The van der Waals surface area contributed by atoms with Gasteiger partial charge in [0.2, 0.25) is 0 Å². The number of carbonyl (C=O) groups is 2. The summed E-state index contributed by atoms with van der Waals surface area (Å²) in [7, 11) is 0. The molecular formula is C19H24N4O5. The summed E-state index contributed by atoms with van der Waals surface area (Å²) in [6.45, 7) is 6.42. The zero-order chi connectivity index (χ0) is 20.3. The van der Waals surface area contributed by atoms with Crippen LogP contribution in [0.15, 0.2) is 18.2 Å². The van der Waals surface area contributed by atoms with Crippen LogP contribution in [0.5, 0.6) is 11.5 Å². The first-order chi connectivity index (χ1) is 13.4. The van der Waals surface area contributed by atoms with Crippen LogP contribution >= 0.6 is 0 Å². The number of benzene rings is 1. The number of nitrogens with zero attached hydrogens (tertiary/aromatic N) is 3. The summed E-state index contributed by atoms with van der Waals surface area (Å²) in [5, 5.41) is 20.2. The number of carboxylic acid groups (broad SMARTS) is 1. The number of fused-ring (bicyclic) bond motifs is 1. The molecule has 1 aromatic heterocycles. The number of aliphatic carboxylic acids is 1. The Kier molecular flexibility index (Phi) is 5.53. The first-order valence-corrected chi connectivity index (χ1v) is 9.25. The highest BCUT2D eigenvalue weighted by Crippen LogP contribution is 2.32. The molecule has 0 atom stereocenters. The molecule has 0 bridgehead atoms. The molecule has 0 unspecified atom stereocenters. The number of hydrogen-bond donors (Lipinski definition) is 2. The van der Waals surface area contributed by atoms with Gasteiger partial charge in [-0.15, -0.1) is 5.10 Å². The predicted octanol–water partition coefficient (Wildman–Crippen LogP) is 2.11. The smallest absolute Gasteiger partial charge is 0.305 e. The van der Waals surface area contributed by atoms with Crippen LogP contribution in [0.3, 0.4) is 0 Å². The Morgan fingerprint density at radius 2 is 1.89 bits per heavy atom. The van der Waals surface area contributed by atoms with Crippen LogP contribution in [0, 0.1) is 6.92 Å². The van der Waals surface area contributed by atoms with E-state index in [1.807, 2.05) is 19.9 Å². The molecule has 0 radical (unpaired) electrons. The molecule has 2 heterocycles. The van der Waals surface area contributed by atoms with Crippen molar-refractivity contribution in [2.24, 2.45) is 0 Å². The summed E-state index contributed by atoms with van der Waals surface area (Å²) < 4.78 is 12.7. The largest absolute Gasteiger partial charge is 0.486 e. The Labute approximate surface area is 162 Å². The molecule has 0 aliphatic carbocycles. The lowest BCUT2D eigenvalue weighted by Crippen LogP contribution is -2.49. The van der Waals surface area contributed by atoms with Crippen molar-refractivity contribution >= 4 is 11.9 Å². The van der Waals surface area contributed by atoms with E-state index in [4.69, 9.17) is 9.47 Å². The Bertz CT molecular complexity index is 888. The molecule has 2 aromatic rings. The van der Waals surface area contributed by atoms with E-state index in [0.29, 0.717) is 48.9 Å². The normalized spacial score (nSPS) is 13.2. The third-order valence-corrected chi connectivity index (χ3v) is 5.10. The number of rotatable bonds is 7. The fraction of sp³-hybridized carbons (Fsp3) is 0.474. The third-order valence-electron chi connectivity index (χ3n) is 5.10. The number of carbonyl (C=O) groups excluding carboxylic acids is 1. The van der Waals surface area contributed by atoms with Crippen LogP contribution < -0.4 is 14.8 Å². The molecule has 0 saturated heterocycles. The zero-order valence-electron chi connectivity index (χ0n) is 16.2. The van der Waals surface area contributed by atoms with Gasteiger partial charge in [-0.05, 0) is 31.9 Å². The van der Waals surface area contributed by atoms with Gasteiger partial charge in [0.25, 0.3) is 5.91 Å². The third kappa shape index (κ3) is 3.78. The molecule has 1 amide bonds. The summed E-state index contributed by atoms with van der Waals surface area (Å²) in [4.78, 5) is 24.0. The molecule has 0 saturated carbocycles. The number of ether oxygens (including phenoxy) is 2. The fourth-order valence-electron chi connectivity index (χ4n) is 3.26. The second kappa shape index (κ2) is 7.87. The van der Waals surface area contributed by atoms with Crippen molar-refractivity contribution in [3.8, 4) is 17.2 Å². The maximum absolute atomic E-state index is 12.8. The quantitative estimate of drug-likeness (QED) is 0.746. The van der Waals surface area contributed by atoms with E-state index >= 15 is 0 Å². The molecule has 28 heavy (non-hydrogen) atoms. The summed E-state index contributed by atoms with van der Waals surface area (Å²) in [6.07, 6.45) is 0.842. The molecule has 9 heteroatoms. The van der Waals surface area contributed by atoms with Gasteiger partial charge >= 0.3 is 5.97 Å². The van der Waals surface area contributed by atoms with E-state index in [0.717, 1.165) is 0 Å². The number of nitrogens with one attached hydrogen (secondary N) is 1. The molecule has 2 N–H and O–H groups in total. The van der Waals surface area contributed by atoms with E-state index in [1.54, 1.807) is 23.7 Å². The lowest BCUT2D eigenvalue weighted by molar-refractivity contribution is -0.138. The van der Waals surface area contributed by atoms with Gasteiger partial charge < -0.3 is 19.9 Å². The average Bonchev–Trinajstić information content (AvgIpc) is 3.08. The Morgan fingerprint density at radius 3 is 2.54 bits per heavy atom. The molecule has 150 valence electrons. The van der Waals surface area contributed by atoms with Crippen molar-refractivity contribution in [3.05, 3.63) is 29.6 Å². The van der Waals surface area contributed by atoms with Crippen molar-refractivity contribution in [1.29, 1.82) is 0 Å². The molecule has 1 aliphatic rings. The first-order valence-electron chi connectivity index (χ1n) is 9.25. The molecule has 0 fully saturated rings. The van der Waals surface area contributed by atoms with Crippen molar-refractivity contribution < 1.29 is 24.2 Å². The molecule has 1 aromatic carbocycles. The predicted molar refractivity (Wildman–Crippen MR) is 100 cm³/mol. The highest BCUT2D eigenvalue weighted by molar-refractivity contribution is 5.94. The number of aromatic nitrogens is 3. The van der Waals surface area contributed by atoms with Crippen LogP contribution in [0.2, 0.25) is 0 Å². The topological polar surface area (TPSA) is 116 Å². The fourth-order valence-corrected chi connectivity index (χ4v) is 3.26. The van der Waals surface area contributed by atoms with Crippen LogP contribution in [-0.4, -0.2) is 50.7 Å². The summed E-state index contributed by atoms with van der Waals surface area (Å²) in [5.74, 6) is -0.121. The molecule has 9 nitrogen and oxygen atoms in total. The number of hydrogen-bond acceptors (Lipinski definition) is 6. The minimum atomic E-state index is -0.958. The second-order valence-electron chi connectivity index (χ2n) is 6.78. The van der Waals surface area contributed by atoms with Crippen molar-refractivity contribution in [1.82, 2.24) is 20.3 Å². The lowest BCUT2D eigenvalue weighted by atomic mass is 9.88. The van der Waals surface area contributed by atoms with Crippen molar-refractivity contribution in [3.63, 3.8) is 0 Å². The Hall–Kier alpha value is -3.10. The number of carboxylic acids is 1.